The van der Waals surface area contributed by atoms with Crippen LogP contribution in [0.2, 0.25) is 0 Å². The molecule has 1 saturated carbocycles. The smallest absolute Gasteiger partial charge is 0.225 e. The number of aliphatic hydroxyl groups excluding tert-OH is 1. The maximum absolute atomic E-state index is 12.3. The summed E-state index contributed by atoms with van der Waals surface area (Å²) in [5, 5.41) is 12.5. The standard InChI is InChI=1S/C17H26N2O2.ClH/c1-12(20)14-8-6-13(7-9-14)11-19-16(21)15-5-3-4-10-17(15,2)18;/h6-9,12,15,20H,3-5,10-11,18H2,1-2H3,(H,19,21);1H. The van der Waals surface area contributed by atoms with Crippen molar-refractivity contribution in [2.75, 3.05) is 0 Å². The molecule has 1 aliphatic carbocycles. The first kappa shape index (κ1) is 18.9. The Balaban J connectivity index is 0.00000242. The van der Waals surface area contributed by atoms with Gasteiger partial charge in [0.1, 0.15) is 0 Å². The maximum atomic E-state index is 12.3. The molecule has 4 N–H and O–H groups in total. The Morgan fingerprint density at radius 2 is 2.05 bits per heavy atom. The summed E-state index contributed by atoms with van der Waals surface area (Å²) in [7, 11) is 0. The predicted octanol–water partition coefficient (Wildman–Crippen LogP) is 2.69. The number of aliphatic hydroxyl groups is 1. The molecule has 0 aliphatic heterocycles. The van der Waals surface area contributed by atoms with Crippen LogP contribution in [0.15, 0.2) is 24.3 Å². The summed E-state index contributed by atoms with van der Waals surface area (Å²) in [6.45, 7) is 4.22. The van der Waals surface area contributed by atoms with E-state index in [2.05, 4.69) is 5.32 Å². The predicted molar refractivity (Wildman–Crippen MR) is 90.7 cm³/mol. The minimum absolute atomic E-state index is 0. The molecule has 3 atom stereocenters. The van der Waals surface area contributed by atoms with Crippen molar-refractivity contribution in [3.63, 3.8) is 0 Å². The van der Waals surface area contributed by atoms with E-state index in [0.29, 0.717) is 6.54 Å². The van der Waals surface area contributed by atoms with Gasteiger partial charge in [-0.05, 0) is 37.8 Å². The average molecular weight is 327 g/mol. The summed E-state index contributed by atoms with van der Waals surface area (Å²) in [5.74, 6) is -0.0395. The Hall–Kier alpha value is -1.10. The molecule has 0 aromatic heterocycles. The monoisotopic (exact) mass is 326 g/mol. The quantitative estimate of drug-likeness (QED) is 0.796. The van der Waals surface area contributed by atoms with Crippen LogP contribution in [0.25, 0.3) is 0 Å². The highest BCUT2D eigenvalue weighted by Crippen LogP contribution is 2.31. The van der Waals surface area contributed by atoms with Crippen LogP contribution in [0.4, 0.5) is 0 Å². The molecule has 0 heterocycles. The fraction of sp³-hybridized carbons (Fsp3) is 0.588. The zero-order chi connectivity index (χ0) is 15.5. The summed E-state index contributed by atoms with van der Waals surface area (Å²) in [6, 6.07) is 7.65. The van der Waals surface area contributed by atoms with Crippen molar-refractivity contribution in [1.29, 1.82) is 0 Å². The van der Waals surface area contributed by atoms with Crippen LogP contribution in [0, 0.1) is 5.92 Å². The molecule has 2 rings (SSSR count). The lowest BCUT2D eigenvalue weighted by molar-refractivity contribution is -0.128. The van der Waals surface area contributed by atoms with Crippen LogP contribution in [0.3, 0.4) is 0 Å². The van der Waals surface area contributed by atoms with Gasteiger partial charge in [-0.2, -0.15) is 0 Å². The fourth-order valence-electron chi connectivity index (χ4n) is 3.02. The molecule has 124 valence electrons. The van der Waals surface area contributed by atoms with E-state index in [4.69, 9.17) is 5.73 Å². The molecule has 0 bridgehead atoms. The Bertz CT molecular complexity index is 486. The minimum atomic E-state index is -0.464. The fourth-order valence-corrected chi connectivity index (χ4v) is 3.02. The van der Waals surface area contributed by atoms with Crippen molar-refractivity contribution in [2.45, 2.75) is 57.7 Å². The molecule has 1 aromatic carbocycles. The van der Waals surface area contributed by atoms with Gasteiger partial charge in [0.15, 0.2) is 0 Å². The number of carbonyl (C=O) groups excluding carboxylic acids is 1. The lowest BCUT2D eigenvalue weighted by atomic mass is 9.74. The SMILES string of the molecule is CC(O)c1ccc(CNC(=O)C2CCCCC2(C)N)cc1.Cl. The van der Waals surface area contributed by atoms with Gasteiger partial charge in [-0.15, -0.1) is 12.4 Å². The maximum Gasteiger partial charge on any atom is 0.225 e. The van der Waals surface area contributed by atoms with E-state index in [0.717, 1.165) is 36.8 Å². The number of rotatable bonds is 4. The molecule has 4 nitrogen and oxygen atoms in total. The Morgan fingerprint density at radius 3 is 2.59 bits per heavy atom. The highest BCUT2D eigenvalue weighted by atomic mass is 35.5. The molecule has 22 heavy (non-hydrogen) atoms. The lowest BCUT2D eigenvalue weighted by Gasteiger charge is -2.37. The van der Waals surface area contributed by atoms with Crippen molar-refractivity contribution >= 4 is 18.3 Å². The van der Waals surface area contributed by atoms with E-state index >= 15 is 0 Å². The van der Waals surface area contributed by atoms with Gasteiger partial charge in [0.2, 0.25) is 5.91 Å². The number of hydrogen-bond acceptors (Lipinski definition) is 3. The molecule has 1 amide bonds. The molecule has 0 radical (unpaired) electrons. The van der Waals surface area contributed by atoms with Crippen molar-refractivity contribution in [3.8, 4) is 0 Å². The molecule has 1 aliphatic rings. The summed E-state index contributed by atoms with van der Waals surface area (Å²) in [4.78, 5) is 12.3. The molecular weight excluding hydrogens is 300 g/mol. The number of carbonyl (C=O) groups is 1. The molecule has 0 saturated heterocycles. The molecule has 1 fully saturated rings. The average Bonchev–Trinajstić information content (AvgIpc) is 2.44. The van der Waals surface area contributed by atoms with E-state index in [1.165, 1.54) is 0 Å². The Morgan fingerprint density at radius 1 is 1.41 bits per heavy atom. The van der Waals surface area contributed by atoms with Gasteiger partial charge in [-0.3, -0.25) is 4.79 Å². The van der Waals surface area contributed by atoms with E-state index in [1.807, 2.05) is 31.2 Å². The zero-order valence-corrected chi connectivity index (χ0v) is 14.2. The van der Waals surface area contributed by atoms with Crippen molar-refractivity contribution in [2.24, 2.45) is 11.7 Å². The third kappa shape index (κ3) is 4.70. The van der Waals surface area contributed by atoms with Gasteiger partial charge in [0.05, 0.1) is 12.0 Å². The van der Waals surface area contributed by atoms with Crippen LogP contribution < -0.4 is 11.1 Å². The van der Waals surface area contributed by atoms with Crippen LogP contribution >= 0.6 is 12.4 Å². The second kappa shape index (κ2) is 7.95. The Kier molecular flexibility index (Phi) is 6.85. The second-order valence-corrected chi connectivity index (χ2v) is 6.44. The number of nitrogens with one attached hydrogen (secondary N) is 1. The van der Waals surface area contributed by atoms with Crippen LogP contribution in [0.5, 0.6) is 0 Å². The highest BCUT2D eigenvalue weighted by Gasteiger charge is 2.37. The van der Waals surface area contributed by atoms with Crippen LogP contribution in [-0.2, 0) is 11.3 Å². The minimum Gasteiger partial charge on any atom is -0.389 e. The highest BCUT2D eigenvalue weighted by molar-refractivity contribution is 5.85. The van der Waals surface area contributed by atoms with Gasteiger partial charge < -0.3 is 16.2 Å². The summed E-state index contributed by atoms with van der Waals surface area (Å²) in [6.07, 6.45) is 3.51. The van der Waals surface area contributed by atoms with Crippen molar-refractivity contribution in [3.05, 3.63) is 35.4 Å². The first-order valence-electron chi connectivity index (χ1n) is 7.73. The van der Waals surface area contributed by atoms with Crippen LogP contribution in [-0.4, -0.2) is 16.6 Å². The van der Waals surface area contributed by atoms with E-state index in [9.17, 15) is 9.90 Å². The van der Waals surface area contributed by atoms with Gasteiger partial charge in [-0.1, -0.05) is 37.1 Å². The zero-order valence-electron chi connectivity index (χ0n) is 13.3. The summed E-state index contributed by atoms with van der Waals surface area (Å²) in [5.41, 5.74) is 7.78. The summed E-state index contributed by atoms with van der Waals surface area (Å²) >= 11 is 0. The third-order valence-corrected chi connectivity index (χ3v) is 4.50. The van der Waals surface area contributed by atoms with E-state index in [1.54, 1.807) is 6.92 Å². The lowest BCUT2D eigenvalue weighted by Crippen LogP contribution is -2.52. The number of halogens is 1. The second-order valence-electron chi connectivity index (χ2n) is 6.44. The Labute approximate surface area is 138 Å². The topological polar surface area (TPSA) is 75.3 Å². The van der Waals surface area contributed by atoms with Gasteiger partial charge in [-0.25, -0.2) is 0 Å². The van der Waals surface area contributed by atoms with E-state index in [-0.39, 0.29) is 24.2 Å². The largest absolute Gasteiger partial charge is 0.389 e. The number of nitrogens with two attached hydrogens (primary N) is 1. The van der Waals surface area contributed by atoms with Gasteiger partial charge in [0, 0.05) is 12.1 Å². The van der Waals surface area contributed by atoms with Crippen LogP contribution in [0.1, 0.15) is 56.8 Å². The number of hydrogen-bond donors (Lipinski definition) is 3. The third-order valence-electron chi connectivity index (χ3n) is 4.50. The van der Waals surface area contributed by atoms with Gasteiger partial charge in [0.25, 0.3) is 0 Å². The normalized spacial score (nSPS) is 25.9. The number of benzene rings is 1. The van der Waals surface area contributed by atoms with Crippen molar-refractivity contribution < 1.29 is 9.90 Å². The van der Waals surface area contributed by atoms with Gasteiger partial charge >= 0.3 is 0 Å². The molecule has 5 heteroatoms. The first-order valence-corrected chi connectivity index (χ1v) is 7.73. The molecule has 0 spiro atoms. The van der Waals surface area contributed by atoms with E-state index < -0.39 is 11.6 Å². The molecule has 3 unspecified atom stereocenters. The molecular formula is C17H27ClN2O2. The number of amides is 1. The van der Waals surface area contributed by atoms with Crippen molar-refractivity contribution in [1.82, 2.24) is 5.32 Å². The summed E-state index contributed by atoms with van der Waals surface area (Å²) < 4.78 is 0. The first-order chi connectivity index (χ1) is 9.90. The molecule has 1 aromatic rings.